The second kappa shape index (κ2) is 6.13. The molecule has 1 amide bonds. The molecule has 6 nitrogen and oxygen atoms in total. The maximum absolute atomic E-state index is 12.5. The molecule has 3 heterocycles. The molecule has 1 aliphatic rings. The van der Waals surface area contributed by atoms with Gasteiger partial charge in [-0.3, -0.25) is 4.79 Å². The number of carbonyl (C=O) groups excluding carboxylic acids is 1. The number of likely N-dealkylation sites (tertiary alicyclic amines) is 1. The first-order valence-corrected chi connectivity index (χ1v) is 7.06. The Morgan fingerprint density at radius 2 is 2.43 bits per heavy atom. The van der Waals surface area contributed by atoms with Crippen LogP contribution in [0.2, 0.25) is 0 Å². The van der Waals surface area contributed by atoms with Gasteiger partial charge in [-0.05, 0) is 30.9 Å². The van der Waals surface area contributed by atoms with E-state index in [1.54, 1.807) is 31.6 Å². The van der Waals surface area contributed by atoms with E-state index in [0.717, 1.165) is 19.4 Å². The average Bonchev–Trinajstić information content (AvgIpc) is 3.18. The van der Waals surface area contributed by atoms with Crippen LogP contribution in [-0.2, 0) is 4.74 Å². The summed E-state index contributed by atoms with van der Waals surface area (Å²) in [4.78, 5) is 14.3. The molecule has 0 radical (unpaired) electrons. The van der Waals surface area contributed by atoms with Gasteiger partial charge in [0, 0.05) is 26.3 Å². The molecule has 2 aromatic heterocycles. The van der Waals surface area contributed by atoms with E-state index in [1.165, 1.54) is 0 Å². The van der Waals surface area contributed by atoms with Crippen molar-refractivity contribution in [1.29, 1.82) is 0 Å². The predicted molar refractivity (Wildman–Crippen MR) is 74.7 cm³/mol. The van der Waals surface area contributed by atoms with Gasteiger partial charge in [0.25, 0.3) is 5.91 Å². The Morgan fingerprint density at radius 3 is 3.19 bits per heavy atom. The molecule has 0 N–H and O–H groups in total. The number of hydrogen-bond donors (Lipinski definition) is 0. The Bertz CT molecular complexity index is 589. The van der Waals surface area contributed by atoms with Gasteiger partial charge in [-0.2, -0.15) is 0 Å². The van der Waals surface area contributed by atoms with Gasteiger partial charge in [-0.15, -0.1) is 0 Å². The Morgan fingerprint density at radius 1 is 1.52 bits per heavy atom. The van der Waals surface area contributed by atoms with Gasteiger partial charge in [0.1, 0.15) is 0 Å². The van der Waals surface area contributed by atoms with Crippen molar-refractivity contribution >= 4 is 5.91 Å². The summed E-state index contributed by atoms with van der Waals surface area (Å²) in [6, 6.07) is 5.16. The highest BCUT2D eigenvalue weighted by Crippen LogP contribution is 2.23. The van der Waals surface area contributed by atoms with Crippen molar-refractivity contribution < 1.29 is 18.5 Å². The van der Waals surface area contributed by atoms with Crippen LogP contribution in [0.3, 0.4) is 0 Å². The van der Waals surface area contributed by atoms with E-state index in [4.69, 9.17) is 13.7 Å². The molecule has 112 valence electrons. The first-order valence-electron chi connectivity index (χ1n) is 7.06. The molecule has 2 aromatic rings. The lowest BCUT2D eigenvalue weighted by atomic mass is 9.99. The Balaban J connectivity index is 1.70. The molecule has 1 unspecified atom stereocenters. The molecular weight excluding hydrogens is 272 g/mol. The molecule has 6 heteroatoms. The minimum Gasteiger partial charge on any atom is -0.461 e. The molecule has 1 fully saturated rings. The van der Waals surface area contributed by atoms with Crippen LogP contribution in [0.4, 0.5) is 0 Å². The zero-order chi connectivity index (χ0) is 14.7. The fourth-order valence-corrected chi connectivity index (χ4v) is 2.69. The Kier molecular flexibility index (Phi) is 4.06. The third-order valence-electron chi connectivity index (χ3n) is 3.70. The Labute approximate surface area is 122 Å². The third kappa shape index (κ3) is 3.00. The summed E-state index contributed by atoms with van der Waals surface area (Å²) in [6.07, 6.45) is 3.63. The summed E-state index contributed by atoms with van der Waals surface area (Å²) in [6.45, 7) is 2.14. The first-order chi connectivity index (χ1) is 10.3. The van der Waals surface area contributed by atoms with E-state index in [1.807, 2.05) is 4.90 Å². The van der Waals surface area contributed by atoms with Crippen LogP contribution in [0.25, 0.3) is 11.5 Å². The Hall–Kier alpha value is -2.08. The molecule has 0 aliphatic carbocycles. The summed E-state index contributed by atoms with van der Waals surface area (Å²) in [5, 5.41) is 3.86. The number of furan rings is 1. The van der Waals surface area contributed by atoms with Crippen molar-refractivity contribution in [3.05, 3.63) is 30.2 Å². The minimum absolute atomic E-state index is 0.0997. The molecule has 0 aromatic carbocycles. The van der Waals surface area contributed by atoms with Gasteiger partial charge >= 0.3 is 0 Å². The molecule has 3 rings (SSSR count). The van der Waals surface area contributed by atoms with Gasteiger partial charge < -0.3 is 18.6 Å². The van der Waals surface area contributed by atoms with Crippen molar-refractivity contribution in [3.8, 4) is 11.5 Å². The summed E-state index contributed by atoms with van der Waals surface area (Å²) in [7, 11) is 1.69. The highest BCUT2D eigenvalue weighted by molar-refractivity contribution is 5.93. The fraction of sp³-hybridized carbons (Fsp3) is 0.467. The quantitative estimate of drug-likeness (QED) is 0.865. The van der Waals surface area contributed by atoms with Gasteiger partial charge in [0.2, 0.25) is 5.76 Å². The molecular formula is C15H18N2O4. The lowest BCUT2D eigenvalue weighted by molar-refractivity contribution is 0.0562. The normalized spacial score (nSPS) is 18.9. The number of hydrogen-bond acceptors (Lipinski definition) is 5. The highest BCUT2D eigenvalue weighted by Gasteiger charge is 2.26. The number of aromatic nitrogens is 1. The molecule has 21 heavy (non-hydrogen) atoms. The van der Waals surface area contributed by atoms with E-state index < -0.39 is 0 Å². The number of piperidine rings is 1. The molecule has 0 saturated carbocycles. The summed E-state index contributed by atoms with van der Waals surface area (Å²) in [5.41, 5.74) is 0.319. The topological polar surface area (TPSA) is 68.7 Å². The monoisotopic (exact) mass is 290 g/mol. The predicted octanol–water partition coefficient (Wildman–Crippen LogP) is 2.43. The van der Waals surface area contributed by atoms with Gasteiger partial charge in [-0.25, -0.2) is 0 Å². The maximum Gasteiger partial charge on any atom is 0.276 e. The average molecular weight is 290 g/mol. The van der Waals surface area contributed by atoms with Crippen LogP contribution in [0.15, 0.2) is 33.4 Å². The second-order valence-corrected chi connectivity index (χ2v) is 5.27. The summed E-state index contributed by atoms with van der Waals surface area (Å²) < 4.78 is 15.6. The lowest BCUT2D eigenvalue weighted by Gasteiger charge is -2.31. The van der Waals surface area contributed by atoms with Crippen molar-refractivity contribution in [2.45, 2.75) is 12.8 Å². The largest absolute Gasteiger partial charge is 0.461 e. The van der Waals surface area contributed by atoms with Gasteiger partial charge in [0.15, 0.2) is 11.5 Å². The van der Waals surface area contributed by atoms with Crippen LogP contribution < -0.4 is 0 Å². The number of amides is 1. The van der Waals surface area contributed by atoms with Crippen molar-refractivity contribution in [1.82, 2.24) is 10.1 Å². The molecule has 0 spiro atoms. The fourth-order valence-electron chi connectivity index (χ4n) is 2.69. The van der Waals surface area contributed by atoms with E-state index in [9.17, 15) is 4.79 Å². The number of rotatable bonds is 4. The molecule has 1 saturated heterocycles. The number of carbonyl (C=O) groups is 1. The minimum atomic E-state index is -0.0997. The second-order valence-electron chi connectivity index (χ2n) is 5.27. The van der Waals surface area contributed by atoms with Crippen molar-refractivity contribution in [2.75, 3.05) is 26.8 Å². The smallest absolute Gasteiger partial charge is 0.276 e. The van der Waals surface area contributed by atoms with E-state index in [2.05, 4.69) is 5.16 Å². The van der Waals surface area contributed by atoms with Gasteiger partial charge in [0.05, 0.1) is 12.9 Å². The first kappa shape index (κ1) is 13.9. The maximum atomic E-state index is 12.5. The standard InChI is InChI=1S/C15H18N2O4/c1-19-10-11-4-2-6-17(9-11)15(18)12-8-14(21-16-12)13-5-3-7-20-13/h3,5,7-8,11H,2,4,6,9-10H2,1H3. The zero-order valence-corrected chi connectivity index (χ0v) is 11.9. The SMILES string of the molecule is COCC1CCCN(C(=O)c2cc(-c3ccco3)on2)C1. The van der Waals surface area contributed by atoms with Gasteiger partial charge in [-0.1, -0.05) is 5.16 Å². The molecule has 1 aliphatic heterocycles. The van der Waals surface area contributed by atoms with Crippen LogP contribution in [0, 0.1) is 5.92 Å². The van der Waals surface area contributed by atoms with E-state index >= 15 is 0 Å². The number of nitrogens with zero attached hydrogens (tertiary/aromatic N) is 2. The lowest BCUT2D eigenvalue weighted by Crippen LogP contribution is -2.41. The third-order valence-corrected chi connectivity index (χ3v) is 3.70. The highest BCUT2D eigenvalue weighted by atomic mass is 16.5. The van der Waals surface area contributed by atoms with E-state index in [0.29, 0.717) is 36.3 Å². The van der Waals surface area contributed by atoms with Crippen LogP contribution in [-0.4, -0.2) is 42.8 Å². The van der Waals surface area contributed by atoms with Crippen LogP contribution in [0.5, 0.6) is 0 Å². The van der Waals surface area contributed by atoms with E-state index in [-0.39, 0.29) is 5.91 Å². The van der Waals surface area contributed by atoms with Crippen LogP contribution in [0.1, 0.15) is 23.3 Å². The summed E-state index contributed by atoms with van der Waals surface area (Å²) >= 11 is 0. The summed E-state index contributed by atoms with van der Waals surface area (Å²) in [5.74, 6) is 1.33. The van der Waals surface area contributed by atoms with Crippen LogP contribution >= 0.6 is 0 Å². The van der Waals surface area contributed by atoms with Crippen molar-refractivity contribution in [2.24, 2.45) is 5.92 Å². The zero-order valence-electron chi connectivity index (χ0n) is 11.9. The number of ether oxygens (including phenoxy) is 1. The number of methoxy groups -OCH3 is 1. The molecule has 1 atom stereocenters. The van der Waals surface area contributed by atoms with Crippen molar-refractivity contribution in [3.63, 3.8) is 0 Å². The molecule has 0 bridgehead atoms.